The van der Waals surface area contributed by atoms with Crippen LogP contribution in [-0.4, -0.2) is 24.9 Å². The van der Waals surface area contributed by atoms with E-state index in [0.29, 0.717) is 11.3 Å². The van der Waals surface area contributed by atoms with E-state index in [1.165, 1.54) is 0 Å². The smallest absolute Gasteiger partial charge is 0.181 e. The molecule has 0 heterocycles. The van der Waals surface area contributed by atoms with Crippen molar-refractivity contribution < 1.29 is 13.5 Å². The van der Waals surface area contributed by atoms with Crippen molar-refractivity contribution in [3.8, 4) is 0 Å². The maximum atomic E-state index is 12.1. The Bertz CT molecular complexity index is 473. The number of sulfone groups is 1. The van der Waals surface area contributed by atoms with Gasteiger partial charge in [-0.1, -0.05) is 18.2 Å². The van der Waals surface area contributed by atoms with Crippen LogP contribution in [0.2, 0.25) is 0 Å². The molecular formula is C12H16O3S. The van der Waals surface area contributed by atoms with Crippen LogP contribution in [-0.2, 0) is 16.3 Å². The second-order valence-electron chi connectivity index (χ2n) is 4.41. The van der Waals surface area contributed by atoms with Gasteiger partial charge in [-0.3, -0.25) is 0 Å². The predicted molar refractivity (Wildman–Crippen MR) is 62.0 cm³/mol. The second-order valence-corrected chi connectivity index (χ2v) is 6.60. The fourth-order valence-corrected chi connectivity index (χ4v) is 3.73. The molecule has 1 unspecified atom stereocenters. The Kier molecular flexibility index (Phi) is 3.04. The highest BCUT2D eigenvalue weighted by atomic mass is 32.2. The van der Waals surface area contributed by atoms with Crippen LogP contribution < -0.4 is 0 Å². The minimum absolute atomic E-state index is 0.192. The summed E-state index contributed by atoms with van der Waals surface area (Å²) in [4.78, 5) is 0.401. The number of hydrogen-bond donors (Lipinski definition) is 1. The Morgan fingerprint density at radius 1 is 1.38 bits per heavy atom. The van der Waals surface area contributed by atoms with E-state index in [2.05, 4.69) is 0 Å². The third-order valence-corrected chi connectivity index (χ3v) is 5.12. The van der Waals surface area contributed by atoms with Gasteiger partial charge >= 0.3 is 0 Å². The maximum Gasteiger partial charge on any atom is 0.181 e. The highest BCUT2D eigenvalue weighted by Crippen LogP contribution is 2.35. The van der Waals surface area contributed by atoms with Gasteiger partial charge in [-0.05, 0) is 37.8 Å². The van der Waals surface area contributed by atoms with E-state index in [1.807, 2.05) is 6.07 Å². The van der Waals surface area contributed by atoms with E-state index in [-0.39, 0.29) is 5.25 Å². The number of benzene rings is 1. The van der Waals surface area contributed by atoms with Gasteiger partial charge in [0.2, 0.25) is 0 Å². The van der Waals surface area contributed by atoms with Crippen LogP contribution in [0.5, 0.6) is 0 Å². The zero-order valence-corrected chi connectivity index (χ0v) is 10.1. The summed E-state index contributed by atoms with van der Waals surface area (Å²) >= 11 is 0. The quantitative estimate of drug-likeness (QED) is 0.868. The third-order valence-electron chi connectivity index (χ3n) is 2.76. The van der Waals surface area contributed by atoms with Crippen LogP contribution in [0.15, 0.2) is 29.2 Å². The van der Waals surface area contributed by atoms with Crippen molar-refractivity contribution >= 4 is 9.84 Å². The molecule has 1 atom stereocenters. The molecule has 2 rings (SSSR count). The van der Waals surface area contributed by atoms with E-state index in [1.54, 1.807) is 25.1 Å². The van der Waals surface area contributed by atoms with E-state index in [9.17, 15) is 13.5 Å². The highest BCUT2D eigenvalue weighted by molar-refractivity contribution is 7.92. The average molecular weight is 240 g/mol. The molecule has 0 amide bonds. The van der Waals surface area contributed by atoms with Gasteiger partial charge in [-0.15, -0.1) is 0 Å². The summed E-state index contributed by atoms with van der Waals surface area (Å²) in [7, 11) is -3.15. The molecule has 1 saturated carbocycles. The van der Waals surface area contributed by atoms with Gasteiger partial charge in [0.1, 0.15) is 0 Å². The Morgan fingerprint density at radius 3 is 2.56 bits per heavy atom. The number of aliphatic hydroxyl groups is 1. The van der Waals surface area contributed by atoms with Gasteiger partial charge in [0.05, 0.1) is 16.2 Å². The molecule has 1 aromatic carbocycles. The molecule has 0 saturated heterocycles. The fourth-order valence-electron chi connectivity index (χ4n) is 1.83. The van der Waals surface area contributed by atoms with Crippen molar-refractivity contribution in [2.75, 3.05) is 0 Å². The number of hydrogen-bond acceptors (Lipinski definition) is 3. The lowest BCUT2D eigenvalue weighted by molar-refractivity contribution is 0.194. The summed E-state index contributed by atoms with van der Waals surface area (Å²) in [5.41, 5.74) is 0.726. The summed E-state index contributed by atoms with van der Waals surface area (Å²) in [6.45, 7) is 1.67. The summed E-state index contributed by atoms with van der Waals surface area (Å²) in [5, 5.41) is 9.16. The Balaban J connectivity index is 2.39. The first kappa shape index (κ1) is 11.6. The van der Waals surface area contributed by atoms with Crippen molar-refractivity contribution in [1.82, 2.24) is 0 Å². The van der Waals surface area contributed by atoms with Crippen LogP contribution in [0.1, 0.15) is 25.3 Å². The Morgan fingerprint density at radius 2 is 2.00 bits per heavy atom. The molecule has 0 aromatic heterocycles. The lowest BCUT2D eigenvalue weighted by atomic mass is 10.1. The summed E-state index contributed by atoms with van der Waals surface area (Å²) in [6, 6.07) is 6.97. The van der Waals surface area contributed by atoms with Crippen molar-refractivity contribution in [1.29, 1.82) is 0 Å². The van der Waals surface area contributed by atoms with E-state index in [4.69, 9.17) is 0 Å². The van der Waals surface area contributed by atoms with Crippen molar-refractivity contribution in [2.45, 2.75) is 42.4 Å². The van der Waals surface area contributed by atoms with Crippen LogP contribution in [0, 0.1) is 0 Å². The molecule has 16 heavy (non-hydrogen) atoms. The zero-order chi connectivity index (χ0) is 11.8. The topological polar surface area (TPSA) is 54.4 Å². The molecule has 0 bridgehead atoms. The normalized spacial score (nSPS) is 18.4. The number of aliphatic hydroxyl groups excluding tert-OH is 1. The minimum Gasteiger partial charge on any atom is -0.393 e. The van der Waals surface area contributed by atoms with Gasteiger partial charge in [0.25, 0.3) is 0 Å². The van der Waals surface area contributed by atoms with Gasteiger partial charge in [0.15, 0.2) is 9.84 Å². The fraction of sp³-hybridized carbons (Fsp3) is 0.500. The zero-order valence-electron chi connectivity index (χ0n) is 9.26. The molecule has 1 aliphatic rings. The molecule has 0 aliphatic heterocycles. The van der Waals surface area contributed by atoms with Gasteiger partial charge in [-0.25, -0.2) is 8.42 Å². The highest BCUT2D eigenvalue weighted by Gasteiger charge is 2.37. The second kappa shape index (κ2) is 4.18. The molecule has 0 spiro atoms. The van der Waals surface area contributed by atoms with E-state index in [0.717, 1.165) is 18.4 Å². The van der Waals surface area contributed by atoms with Crippen LogP contribution >= 0.6 is 0 Å². The average Bonchev–Trinajstić information content (AvgIpc) is 3.00. The summed E-state index contributed by atoms with van der Waals surface area (Å²) in [6.07, 6.45) is 1.41. The van der Waals surface area contributed by atoms with Gasteiger partial charge < -0.3 is 5.11 Å². The Hall–Kier alpha value is -0.870. The van der Waals surface area contributed by atoms with Crippen molar-refractivity contribution in [2.24, 2.45) is 0 Å². The monoisotopic (exact) mass is 240 g/mol. The van der Waals surface area contributed by atoms with Crippen LogP contribution in [0.25, 0.3) is 0 Å². The first-order valence-corrected chi connectivity index (χ1v) is 7.06. The molecule has 1 N–H and O–H groups in total. The predicted octanol–water partition coefficient (Wildman–Crippen LogP) is 1.55. The summed E-state index contributed by atoms with van der Waals surface area (Å²) in [5.74, 6) is 0. The van der Waals surface area contributed by atoms with E-state index < -0.39 is 15.9 Å². The number of rotatable bonds is 4. The first-order valence-electron chi connectivity index (χ1n) is 5.51. The maximum absolute atomic E-state index is 12.1. The van der Waals surface area contributed by atoms with Crippen molar-refractivity contribution in [3.63, 3.8) is 0 Å². The molecule has 3 nitrogen and oxygen atoms in total. The summed E-state index contributed by atoms with van der Waals surface area (Å²) < 4.78 is 24.2. The Labute approximate surface area is 96.0 Å². The van der Waals surface area contributed by atoms with Crippen LogP contribution in [0.3, 0.4) is 0 Å². The lowest BCUT2D eigenvalue weighted by Gasteiger charge is -2.11. The first-order chi connectivity index (χ1) is 7.51. The van der Waals surface area contributed by atoms with Crippen LogP contribution in [0.4, 0.5) is 0 Å². The van der Waals surface area contributed by atoms with Crippen molar-refractivity contribution in [3.05, 3.63) is 29.8 Å². The third kappa shape index (κ3) is 2.28. The minimum atomic E-state index is -3.15. The van der Waals surface area contributed by atoms with E-state index >= 15 is 0 Å². The van der Waals surface area contributed by atoms with Gasteiger partial charge in [0, 0.05) is 0 Å². The SMILES string of the molecule is CC(O)Cc1ccccc1S(=O)(=O)C1CC1. The largest absolute Gasteiger partial charge is 0.393 e. The molecule has 4 heteroatoms. The molecule has 1 fully saturated rings. The van der Waals surface area contributed by atoms with Gasteiger partial charge in [-0.2, -0.15) is 0 Å². The standard InChI is InChI=1S/C12H16O3S/c1-9(13)8-10-4-2-3-5-12(10)16(14,15)11-6-7-11/h2-5,9,11,13H,6-8H2,1H3. The molecule has 0 radical (unpaired) electrons. The lowest BCUT2D eigenvalue weighted by Crippen LogP contribution is -2.13. The molecule has 1 aliphatic carbocycles. The molecular weight excluding hydrogens is 224 g/mol. The molecule has 1 aromatic rings. The molecule has 88 valence electrons.